The molecule has 2 N–H and O–H groups in total. The molecular weight excluding hydrogens is 242 g/mol. The van der Waals surface area contributed by atoms with E-state index in [0.717, 1.165) is 37.8 Å². The zero-order valence-electron chi connectivity index (χ0n) is 10.7. The van der Waals surface area contributed by atoms with E-state index in [1.165, 1.54) is 0 Å². The third kappa shape index (κ3) is 3.44. The molecule has 0 saturated heterocycles. The van der Waals surface area contributed by atoms with Crippen LogP contribution in [0.4, 0.5) is 5.69 Å². The molecule has 1 aromatic rings. The molecule has 0 aliphatic heterocycles. The zero-order chi connectivity index (χ0) is 13.7. The van der Waals surface area contributed by atoms with Crippen LogP contribution in [0.2, 0.25) is 0 Å². The number of anilines is 1. The molecule has 100 valence electrons. The van der Waals surface area contributed by atoms with Crippen molar-refractivity contribution in [2.24, 2.45) is 0 Å². The van der Waals surface area contributed by atoms with Crippen molar-refractivity contribution in [1.82, 2.24) is 4.98 Å². The first-order valence-electron chi connectivity index (χ1n) is 6.50. The molecule has 0 spiro atoms. The maximum atomic E-state index is 11.1. The molecule has 1 aliphatic rings. The summed E-state index contributed by atoms with van der Waals surface area (Å²) in [4.78, 5) is 15.0. The molecule has 0 atom stereocenters. The summed E-state index contributed by atoms with van der Waals surface area (Å²) in [5.41, 5.74) is 0.721. The minimum Gasteiger partial charge on any atom is -0.481 e. The average molecular weight is 259 g/mol. The fraction of sp³-hybridized carbons (Fsp3) is 0.500. The second-order valence-corrected chi connectivity index (χ2v) is 5.08. The third-order valence-corrected chi connectivity index (χ3v) is 3.58. The van der Waals surface area contributed by atoms with Crippen molar-refractivity contribution in [2.75, 3.05) is 5.32 Å². The first kappa shape index (κ1) is 13.3. The number of aromatic nitrogens is 1. The first-order chi connectivity index (χ1) is 9.13. The highest BCUT2D eigenvalue weighted by atomic mass is 16.4. The molecule has 0 bridgehead atoms. The second-order valence-electron chi connectivity index (χ2n) is 5.08. The topological polar surface area (TPSA) is 86.0 Å². The summed E-state index contributed by atoms with van der Waals surface area (Å²) in [6.45, 7) is 0. The van der Waals surface area contributed by atoms with Crippen LogP contribution in [0.5, 0.6) is 0 Å². The molecule has 0 unspecified atom stereocenters. The van der Waals surface area contributed by atoms with Gasteiger partial charge in [0.25, 0.3) is 0 Å². The molecule has 5 nitrogen and oxygen atoms in total. The summed E-state index contributed by atoms with van der Waals surface area (Å²) in [6, 6.07) is 5.43. The lowest BCUT2D eigenvalue weighted by Crippen LogP contribution is -2.42. The fourth-order valence-corrected chi connectivity index (χ4v) is 2.74. The number of hydrogen-bond acceptors (Lipinski definition) is 4. The van der Waals surface area contributed by atoms with E-state index < -0.39 is 11.5 Å². The van der Waals surface area contributed by atoms with Gasteiger partial charge in [-0.1, -0.05) is 19.3 Å². The van der Waals surface area contributed by atoms with Gasteiger partial charge in [0.15, 0.2) is 0 Å². The predicted molar refractivity (Wildman–Crippen MR) is 70.6 cm³/mol. The van der Waals surface area contributed by atoms with Crippen molar-refractivity contribution in [3.05, 3.63) is 24.0 Å². The minimum absolute atomic E-state index is 0.108. The van der Waals surface area contributed by atoms with Crippen molar-refractivity contribution < 1.29 is 9.90 Å². The van der Waals surface area contributed by atoms with Crippen molar-refractivity contribution in [2.45, 2.75) is 44.1 Å². The highest BCUT2D eigenvalue weighted by Crippen LogP contribution is 2.34. The van der Waals surface area contributed by atoms with Crippen LogP contribution in [-0.2, 0) is 4.79 Å². The van der Waals surface area contributed by atoms with Gasteiger partial charge in [0.1, 0.15) is 11.8 Å². The summed E-state index contributed by atoms with van der Waals surface area (Å²) >= 11 is 0. The Bertz CT molecular complexity index is 502. The fourth-order valence-electron chi connectivity index (χ4n) is 2.74. The molecule has 1 fully saturated rings. The van der Waals surface area contributed by atoms with Crippen molar-refractivity contribution in [1.29, 1.82) is 5.26 Å². The van der Waals surface area contributed by atoms with Gasteiger partial charge in [-0.2, -0.15) is 5.26 Å². The van der Waals surface area contributed by atoms with Gasteiger partial charge in [0.2, 0.25) is 0 Å². The molecule has 5 heteroatoms. The van der Waals surface area contributed by atoms with Gasteiger partial charge in [0, 0.05) is 17.4 Å². The summed E-state index contributed by atoms with van der Waals surface area (Å²) in [7, 11) is 0. The summed E-state index contributed by atoms with van der Waals surface area (Å²) in [5.74, 6) is -0.788. The van der Waals surface area contributed by atoms with Gasteiger partial charge in [-0.3, -0.25) is 4.79 Å². The van der Waals surface area contributed by atoms with Crippen LogP contribution >= 0.6 is 0 Å². The highest BCUT2D eigenvalue weighted by Gasteiger charge is 2.34. The molecule has 1 heterocycles. The smallest absolute Gasteiger partial charge is 0.305 e. The van der Waals surface area contributed by atoms with E-state index in [1.807, 2.05) is 6.07 Å². The molecule has 0 amide bonds. The van der Waals surface area contributed by atoms with E-state index in [4.69, 9.17) is 10.4 Å². The Morgan fingerprint density at radius 1 is 1.47 bits per heavy atom. The Morgan fingerprint density at radius 3 is 2.84 bits per heavy atom. The molecule has 0 aromatic carbocycles. The first-order valence-corrected chi connectivity index (χ1v) is 6.50. The van der Waals surface area contributed by atoms with Crippen molar-refractivity contribution >= 4 is 11.7 Å². The largest absolute Gasteiger partial charge is 0.481 e. The van der Waals surface area contributed by atoms with E-state index >= 15 is 0 Å². The lowest BCUT2D eigenvalue weighted by molar-refractivity contribution is -0.138. The number of rotatable bonds is 4. The Hall–Kier alpha value is -2.09. The van der Waals surface area contributed by atoms with Gasteiger partial charge < -0.3 is 10.4 Å². The molecule has 1 aromatic heterocycles. The Balaban J connectivity index is 2.19. The lowest BCUT2D eigenvalue weighted by Gasteiger charge is -2.38. The van der Waals surface area contributed by atoms with Gasteiger partial charge >= 0.3 is 5.97 Å². The number of pyridine rings is 1. The minimum atomic E-state index is -0.788. The van der Waals surface area contributed by atoms with Crippen LogP contribution in [0.1, 0.15) is 44.2 Å². The lowest BCUT2D eigenvalue weighted by atomic mass is 9.79. The summed E-state index contributed by atoms with van der Waals surface area (Å²) < 4.78 is 0. The van der Waals surface area contributed by atoms with Gasteiger partial charge in [-0.15, -0.1) is 0 Å². The number of nitrogens with zero attached hydrogens (tertiary/aromatic N) is 2. The summed E-state index contributed by atoms with van der Waals surface area (Å²) in [5, 5.41) is 21.3. The number of carboxylic acids is 1. The Morgan fingerprint density at radius 2 is 2.21 bits per heavy atom. The Kier molecular flexibility index (Phi) is 4.00. The van der Waals surface area contributed by atoms with E-state index in [9.17, 15) is 4.79 Å². The maximum Gasteiger partial charge on any atom is 0.305 e. The Labute approximate surface area is 112 Å². The van der Waals surface area contributed by atoms with E-state index in [0.29, 0.717) is 5.69 Å². The number of nitriles is 1. The van der Waals surface area contributed by atoms with Crippen molar-refractivity contribution in [3.63, 3.8) is 0 Å². The highest BCUT2D eigenvalue weighted by molar-refractivity contribution is 5.69. The SMILES string of the molecule is N#Cc1cc(NC2(CC(=O)O)CCCCC2)ccn1. The molecular formula is C14H17N3O2. The van der Waals surface area contributed by atoms with Crippen LogP contribution in [0.15, 0.2) is 18.3 Å². The molecule has 1 aliphatic carbocycles. The zero-order valence-corrected chi connectivity index (χ0v) is 10.7. The standard InChI is InChI=1S/C14H17N3O2/c15-10-12-8-11(4-7-16-12)17-14(9-13(18)19)5-2-1-3-6-14/h4,7-8H,1-3,5-6,9H2,(H,16,17)(H,18,19). The van der Waals surface area contributed by atoms with Crippen LogP contribution in [0.25, 0.3) is 0 Å². The number of nitrogens with one attached hydrogen (secondary N) is 1. The van der Waals surface area contributed by atoms with Crippen molar-refractivity contribution in [3.8, 4) is 6.07 Å². The average Bonchev–Trinajstić information content (AvgIpc) is 2.39. The monoisotopic (exact) mass is 259 g/mol. The third-order valence-electron chi connectivity index (χ3n) is 3.58. The summed E-state index contributed by atoms with van der Waals surface area (Å²) in [6.07, 6.45) is 6.61. The quantitative estimate of drug-likeness (QED) is 0.867. The van der Waals surface area contributed by atoms with Crippen LogP contribution in [-0.4, -0.2) is 21.6 Å². The molecule has 2 rings (SSSR count). The van der Waals surface area contributed by atoms with Crippen LogP contribution < -0.4 is 5.32 Å². The maximum absolute atomic E-state index is 11.1. The van der Waals surface area contributed by atoms with E-state index in [2.05, 4.69) is 10.3 Å². The molecule has 0 radical (unpaired) electrons. The van der Waals surface area contributed by atoms with Gasteiger partial charge in [0.05, 0.1) is 6.42 Å². The van der Waals surface area contributed by atoms with Gasteiger partial charge in [-0.25, -0.2) is 4.98 Å². The number of hydrogen-bond donors (Lipinski definition) is 2. The number of aliphatic carboxylic acids is 1. The molecule has 19 heavy (non-hydrogen) atoms. The van der Waals surface area contributed by atoms with E-state index in [1.54, 1.807) is 18.3 Å². The van der Waals surface area contributed by atoms with E-state index in [-0.39, 0.29) is 6.42 Å². The second kappa shape index (κ2) is 5.70. The molecule has 1 saturated carbocycles. The normalized spacial score (nSPS) is 17.4. The van der Waals surface area contributed by atoms with Gasteiger partial charge in [-0.05, 0) is 25.0 Å². The predicted octanol–water partition coefficient (Wildman–Crippen LogP) is 2.54. The van der Waals surface area contributed by atoms with Crippen LogP contribution in [0, 0.1) is 11.3 Å². The number of carbonyl (C=O) groups is 1. The number of carboxylic acid groups (broad SMARTS) is 1. The van der Waals surface area contributed by atoms with Crippen LogP contribution in [0.3, 0.4) is 0 Å².